The first-order chi connectivity index (χ1) is 9.67. The number of aliphatic hydroxyl groups is 1. The second-order valence-corrected chi connectivity index (χ2v) is 5.69. The lowest BCUT2D eigenvalue weighted by Gasteiger charge is -2.32. The molecule has 1 heterocycles. The monoisotopic (exact) mass is 278 g/mol. The van der Waals surface area contributed by atoms with Gasteiger partial charge in [0.15, 0.2) is 0 Å². The molecule has 0 aromatic heterocycles. The van der Waals surface area contributed by atoms with Crippen LogP contribution in [-0.2, 0) is 0 Å². The van der Waals surface area contributed by atoms with E-state index in [0.29, 0.717) is 24.6 Å². The molecule has 0 radical (unpaired) electrons. The minimum absolute atomic E-state index is 0.317. The summed E-state index contributed by atoms with van der Waals surface area (Å²) in [7, 11) is 0. The molecule has 1 atom stereocenters. The minimum Gasteiger partial charge on any atom is -0.491 e. The summed E-state index contributed by atoms with van der Waals surface area (Å²) in [6, 6.07) is 7.31. The van der Waals surface area contributed by atoms with E-state index >= 15 is 0 Å². The number of hydrogen-bond donors (Lipinski definition) is 2. The second kappa shape index (κ2) is 7.50. The van der Waals surface area contributed by atoms with Gasteiger partial charge in [-0.05, 0) is 44.0 Å². The van der Waals surface area contributed by atoms with Crippen LogP contribution in [0.3, 0.4) is 0 Å². The van der Waals surface area contributed by atoms with E-state index in [4.69, 9.17) is 10.5 Å². The fourth-order valence-electron chi connectivity index (χ4n) is 2.72. The molecule has 0 amide bonds. The summed E-state index contributed by atoms with van der Waals surface area (Å²) in [5.41, 5.74) is 6.37. The van der Waals surface area contributed by atoms with E-state index in [1.807, 2.05) is 18.2 Å². The Balaban J connectivity index is 1.69. The molecule has 1 aliphatic heterocycles. The Bertz CT molecular complexity index is 403. The van der Waals surface area contributed by atoms with Crippen LogP contribution in [0.4, 0.5) is 5.69 Å². The van der Waals surface area contributed by atoms with Gasteiger partial charge in [0.1, 0.15) is 18.5 Å². The van der Waals surface area contributed by atoms with E-state index in [9.17, 15) is 5.11 Å². The van der Waals surface area contributed by atoms with Crippen molar-refractivity contribution in [2.24, 2.45) is 5.92 Å². The predicted molar refractivity (Wildman–Crippen MR) is 81.8 cm³/mol. The number of β-amino-alcohol motifs (C(OH)–C–C–N with tert-alkyl or cyclic N) is 1. The number of hydrogen-bond acceptors (Lipinski definition) is 4. The topological polar surface area (TPSA) is 58.7 Å². The summed E-state index contributed by atoms with van der Waals surface area (Å²) in [5, 5.41) is 10.1. The number of nitrogens with zero attached hydrogens (tertiary/aromatic N) is 1. The number of benzene rings is 1. The molecule has 4 heteroatoms. The second-order valence-electron chi connectivity index (χ2n) is 5.69. The molecule has 0 spiro atoms. The lowest BCUT2D eigenvalue weighted by molar-refractivity contribution is 0.0548. The van der Waals surface area contributed by atoms with E-state index in [1.54, 1.807) is 6.07 Å². The van der Waals surface area contributed by atoms with Crippen molar-refractivity contribution in [3.8, 4) is 5.75 Å². The van der Waals surface area contributed by atoms with Crippen molar-refractivity contribution in [2.75, 3.05) is 32.0 Å². The maximum absolute atomic E-state index is 10.1. The van der Waals surface area contributed by atoms with Gasteiger partial charge in [-0.25, -0.2) is 0 Å². The molecule has 1 unspecified atom stereocenters. The molecule has 2 rings (SSSR count). The molecule has 1 aromatic rings. The van der Waals surface area contributed by atoms with Crippen LogP contribution < -0.4 is 10.5 Å². The van der Waals surface area contributed by atoms with Gasteiger partial charge in [0.2, 0.25) is 0 Å². The molecule has 20 heavy (non-hydrogen) atoms. The van der Waals surface area contributed by atoms with Crippen molar-refractivity contribution in [3.05, 3.63) is 24.3 Å². The molecule has 1 fully saturated rings. The van der Waals surface area contributed by atoms with E-state index in [0.717, 1.165) is 19.0 Å². The smallest absolute Gasteiger partial charge is 0.121 e. The van der Waals surface area contributed by atoms with Crippen LogP contribution in [0.15, 0.2) is 24.3 Å². The van der Waals surface area contributed by atoms with Gasteiger partial charge >= 0.3 is 0 Å². The standard InChI is InChI=1S/C16H26N2O2/c1-2-13-6-8-18(9-7-13)11-15(19)12-20-16-5-3-4-14(17)10-16/h3-5,10,13,15,19H,2,6-9,11-12,17H2,1H3. The van der Waals surface area contributed by atoms with Gasteiger partial charge in [-0.1, -0.05) is 19.4 Å². The molecular formula is C16H26N2O2. The van der Waals surface area contributed by atoms with Crippen LogP contribution in [0, 0.1) is 5.92 Å². The fraction of sp³-hybridized carbons (Fsp3) is 0.625. The molecule has 1 saturated heterocycles. The third-order valence-corrected chi connectivity index (χ3v) is 4.05. The van der Waals surface area contributed by atoms with Crippen molar-refractivity contribution in [3.63, 3.8) is 0 Å². The maximum Gasteiger partial charge on any atom is 0.121 e. The number of rotatable bonds is 6. The van der Waals surface area contributed by atoms with E-state index in [-0.39, 0.29) is 0 Å². The lowest BCUT2D eigenvalue weighted by atomic mass is 9.94. The highest BCUT2D eigenvalue weighted by Crippen LogP contribution is 2.20. The highest BCUT2D eigenvalue weighted by molar-refractivity contribution is 5.43. The Morgan fingerprint density at radius 1 is 1.40 bits per heavy atom. The number of anilines is 1. The van der Waals surface area contributed by atoms with Crippen LogP contribution >= 0.6 is 0 Å². The zero-order chi connectivity index (χ0) is 14.4. The maximum atomic E-state index is 10.1. The summed E-state index contributed by atoms with van der Waals surface area (Å²) < 4.78 is 5.58. The molecule has 1 aromatic carbocycles. The molecular weight excluding hydrogens is 252 g/mol. The molecule has 1 aliphatic rings. The Kier molecular flexibility index (Phi) is 5.68. The van der Waals surface area contributed by atoms with Gasteiger partial charge in [-0.15, -0.1) is 0 Å². The molecule has 112 valence electrons. The molecule has 0 aliphatic carbocycles. The predicted octanol–water partition coefficient (Wildman–Crippen LogP) is 2.13. The van der Waals surface area contributed by atoms with Crippen molar-refractivity contribution in [1.82, 2.24) is 4.90 Å². The summed E-state index contributed by atoms with van der Waals surface area (Å²) in [6.07, 6.45) is 3.32. The Morgan fingerprint density at radius 3 is 2.80 bits per heavy atom. The summed E-state index contributed by atoms with van der Waals surface area (Å²) in [4.78, 5) is 2.33. The first-order valence-corrected chi connectivity index (χ1v) is 7.56. The number of nitrogens with two attached hydrogens (primary N) is 1. The van der Waals surface area contributed by atoms with Crippen molar-refractivity contribution in [2.45, 2.75) is 32.3 Å². The van der Waals surface area contributed by atoms with Gasteiger partial charge in [0.25, 0.3) is 0 Å². The zero-order valence-electron chi connectivity index (χ0n) is 12.3. The Hall–Kier alpha value is -1.26. The zero-order valence-corrected chi connectivity index (χ0v) is 12.3. The highest BCUT2D eigenvalue weighted by atomic mass is 16.5. The third-order valence-electron chi connectivity index (χ3n) is 4.05. The first kappa shape index (κ1) is 15.1. The van der Waals surface area contributed by atoms with Gasteiger partial charge in [0.05, 0.1) is 0 Å². The molecule has 0 saturated carbocycles. The number of likely N-dealkylation sites (tertiary alicyclic amines) is 1. The Labute approximate surface area is 121 Å². The van der Waals surface area contributed by atoms with E-state index in [2.05, 4.69) is 11.8 Å². The van der Waals surface area contributed by atoms with Crippen molar-refractivity contribution in [1.29, 1.82) is 0 Å². The number of piperidine rings is 1. The summed E-state index contributed by atoms with van der Waals surface area (Å²) in [5.74, 6) is 1.58. The minimum atomic E-state index is -0.449. The number of aliphatic hydroxyl groups excluding tert-OH is 1. The molecule has 4 nitrogen and oxygen atoms in total. The van der Waals surface area contributed by atoms with Crippen molar-refractivity contribution < 1.29 is 9.84 Å². The number of ether oxygens (including phenoxy) is 1. The normalized spacial score (nSPS) is 18.9. The van der Waals surface area contributed by atoms with E-state index in [1.165, 1.54) is 19.3 Å². The third kappa shape index (κ3) is 4.69. The summed E-state index contributed by atoms with van der Waals surface area (Å²) >= 11 is 0. The van der Waals surface area contributed by atoms with Gasteiger partial charge in [0, 0.05) is 18.3 Å². The largest absolute Gasteiger partial charge is 0.491 e. The van der Waals surface area contributed by atoms with Crippen LogP contribution in [0.2, 0.25) is 0 Å². The Morgan fingerprint density at radius 2 is 2.15 bits per heavy atom. The lowest BCUT2D eigenvalue weighted by Crippen LogP contribution is -2.40. The average Bonchev–Trinajstić information content (AvgIpc) is 2.46. The fourth-order valence-corrected chi connectivity index (χ4v) is 2.72. The number of nitrogen functional groups attached to an aromatic ring is 1. The van der Waals surface area contributed by atoms with Crippen LogP contribution in [0.5, 0.6) is 5.75 Å². The summed E-state index contributed by atoms with van der Waals surface area (Å²) in [6.45, 7) is 5.45. The van der Waals surface area contributed by atoms with Gasteiger partial charge < -0.3 is 20.5 Å². The van der Waals surface area contributed by atoms with Crippen LogP contribution in [0.1, 0.15) is 26.2 Å². The van der Waals surface area contributed by atoms with Crippen LogP contribution in [0.25, 0.3) is 0 Å². The quantitative estimate of drug-likeness (QED) is 0.783. The first-order valence-electron chi connectivity index (χ1n) is 7.56. The highest BCUT2D eigenvalue weighted by Gasteiger charge is 2.19. The van der Waals surface area contributed by atoms with Crippen molar-refractivity contribution >= 4 is 5.69 Å². The average molecular weight is 278 g/mol. The molecule has 0 bridgehead atoms. The van der Waals surface area contributed by atoms with Gasteiger partial charge in [-0.2, -0.15) is 0 Å². The SMILES string of the molecule is CCC1CCN(CC(O)COc2cccc(N)c2)CC1. The van der Waals surface area contributed by atoms with E-state index < -0.39 is 6.10 Å². The molecule has 3 N–H and O–H groups in total. The van der Waals surface area contributed by atoms with Crippen LogP contribution in [-0.4, -0.2) is 42.4 Å². The van der Waals surface area contributed by atoms with Gasteiger partial charge in [-0.3, -0.25) is 0 Å².